The summed E-state index contributed by atoms with van der Waals surface area (Å²) in [5.41, 5.74) is 4.84. The van der Waals surface area contributed by atoms with Crippen LogP contribution in [0.2, 0.25) is 0 Å². The number of aromatic nitrogens is 5. The fraction of sp³-hybridized carbons (Fsp3) is 0.200. The number of pyridine rings is 1. The first-order valence-electron chi connectivity index (χ1n) is 8.75. The maximum Gasteiger partial charge on any atom is 0.278 e. The second-order valence-electron chi connectivity index (χ2n) is 6.58. The van der Waals surface area contributed by atoms with Gasteiger partial charge in [-0.15, -0.1) is 0 Å². The Balaban J connectivity index is 1.40. The molecule has 0 spiro atoms. The Labute approximate surface area is 155 Å². The van der Waals surface area contributed by atoms with Crippen LogP contribution >= 0.6 is 0 Å². The third-order valence-electron chi connectivity index (χ3n) is 4.65. The van der Waals surface area contributed by atoms with Gasteiger partial charge in [0, 0.05) is 18.0 Å². The third kappa shape index (κ3) is 3.02. The SMILES string of the molecule is Cc1ccc([C@@H]2Cn3nc(-c4nc(-c5cccnc5)no4)cc3CO2)cc1. The maximum absolute atomic E-state index is 6.02. The van der Waals surface area contributed by atoms with Crippen LogP contribution in [0, 0.1) is 6.92 Å². The van der Waals surface area contributed by atoms with E-state index >= 15 is 0 Å². The number of hydrogen-bond acceptors (Lipinski definition) is 6. The van der Waals surface area contributed by atoms with Crippen molar-refractivity contribution < 1.29 is 9.26 Å². The third-order valence-corrected chi connectivity index (χ3v) is 4.65. The summed E-state index contributed by atoms with van der Waals surface area (Å²) in [6, 6.07) is 14.1. The standard InChI is InChI=1S/C20H17N5O2/c1-13-4-6-14(7-5-13)18-11-25-16(12-26-18)9-17(23-25)20-22-19(24-27-20)15-3-2-8-21-10-15/h2-10,18H,11-12H2,1H3/t18-/m0/s1. The van der Waals surface area contributed by atoms with E-state index in [0.717, 1.165) is 16.8 Å². The molecule has 4 heterocycles. The zero-order valence-corrected chi connectivity index (χ0v) is 14.7. The van der Waals surface area contributed by atoms with Gasteiger partial charge in [-0.1, -0.05) is 35.0 Å². The molecule has 0 aliphatic carbocycles. The van der Waals surface area contributed by atoms with Crippen molar-refractivity contribution in [1.29, 1.82) is 0 Å². The average Bonchev–Trinajstić information content (AvgIpc) is 3.36. The molecule has 7 nitrogen and oxygen atoms in total. The summed E-state index contributed by atoms with van der Waals surface area (Å²) >= 11 is 0. The minimum atomic E-state index is -0.0144. The first kappa shape index (κ1) is 15.9. The van der Waals surface area contributed by atoms with Crippen molar-refractivity contribution >= 4 is 0 Å². The lowest BCUT2D eigenvalue weighted by atomic mass is 10.1. The van der Waals surface area contributed by atoms with Crippen molar-refractivity contribution in [2.24, 2.45) is 0 Å². The topological polar surface area (TPSA) is 78.9 Å². The normalized spacial score (nSPS) is 16.3. The van der Waals surface area contributed by atoms with E-state index in [1.165, 1.54) is 5.56 Å². The zero-order valence-electron chi connectivity index (χ0n) is 14.7. The molecule has 0 bridgehead atoms. The average molecular weight is 359 g/mol. The van der Waals surface area contributed by atoms with Crippen molar-refractivity contribution in [2.75, 3.05) is 0 Å². The van der Waals surface area contributed by atoms with Gasteiger partial charge in [0.15, 0.2) is 5.69 Å². The molecule has 1 aromatic carbocycles. The van der Waals surface area contributed by atoms with Crippen molar-refractivity contribution in [1.82, 2.24) is 24.9 Å². The first-order chi connectivity index (χ1) is 13.3. The van der Waals surface area contributed by atoms with E-state index in [1.54, 1.807) is 12.4 Å². The molecule has 0 radical (unpaired) electrons. The van der Waals surface area contributed by atoms with Gasteiger partial charge in [-0.2, -0.15) is 10.1 Å². The fourth-order valence-electron chi connectivity index (χ4n) is 3.15. The van der Waals surface area contributed by atoms with Crippen LogP contribution in [0.5, 0.6) is 0 Å². The van der Waals surface area contributed by atoms with Gasteiger partial charge in [0.25, 0.3) is 5.89 Å². The Morgan fingerprint density at radius 1 is 1.15 bits per heavy atom. The van der Waals surface area contributed by atoms with Gasteiger partial charge in [-0.05, 0) is 30.7 Å². The zero-order chi connectivity index (χ0) is 18.2. The van der Waals surface area contributed by atoms with Gasteiger partial charge in [0.2, 0.25) is 5.82 Å². The van der Waals surface area contributed by atoms with Gasteiger partial charge >= 0.3 is 0 Å². The molecule has 1 aliphatic heterocycles. The highest BCUT2D eigenvalue weighted by atomic mass is 16.5. The Hall–Kier alpha value is -3.32. The largest absolute Gasteiger partial charge is 0.365 e. The van der Waals surface area contributed by atoms with E-state index in [2.05, 4.69) is 51.4 Å². The van der Waals surface area contributed by atoms with Crippen molar-refractivity contribution in [3.05, 3.63) is 71.7 Å². The van der Waals surface area contributed by atoms with E-state index in [0.29, 0.717) is 30.6 Å². The van der Waals surface area contributed by atoms with Crippen LogP contribution in [0.15, 0.2) is 59.4 Å². The van der Waals surface area contributed by atoms with Crippen LogP contribution in [0.3, 0.4) is 0 Å². The van der Waals surface area contributed by atoms with Crippen LogP contribution < -0.4 is 0 Å². The van der Waals surface area contributed by atoms with Crippen LogP contribution in [-0.2, 0) is 17.9 Å². The minimum Gasteiger partial charge on any atom is -0.365 e. The van der Waals surface area contributed by atoms with Gasteiger partial charge in [-0.25, -0.2) is 0 Å². The highest BCUT2D eigenvalue weighted by Crippen LogP contribution is 2.29. The quantitative estimate of drug-likeness (QED) is 0.556. The van der Waals surface area contributed by atoms with Crippen LogP contribution in [0.1, 0.15) is 22.9 Å². The number of aryl methyl sites for hydroxylation is 1. The molecular weight excluding hydrogens is 342 g/mol. The summed E-state index contributed by atoms with van der Waals surface area (Å²) in [6.45, 7) is 3.23. The molecule has 0 fully saturated rings. The summed E-state index contributed by atoms with van der Waals surface area (Å²) in [7, 11) is 0. The molecule has 0 N–H and O–H groups in total. The number of rotatable bonds is 3. The fourth-order valence-corrected chi connectivity index (χ4v) is 3.15. The second-order valence-corrected chi connectivity index (χ2v) is 6.58. The summed E-state index contributed by atoms with van der Waals surface area (Å²) in [5.74, 6) is 0.889. The minimum absolute atomic E-state index is 0.0144. The summed E-state index contributed by atoms with van der Waals surface area (Å²) in [6.07, 6.45) is 3.39. The molecule has 4 aromatic rings. The lowest BCUT2D eigenvalue weighted by molar-refractivity contribution is -0.00113. The molecule has 3 aromatic heterocycles. The predicted octanol–water partition coefficient (Wildman–Crippen LogP) is 3.58. The lowest BCUT2D eigenvalue weighted by Crippen LogP contribution is -2.21. The van der Waals surface area contributed by atoms with Gasteiger partial charge in [-0.3, -0.25) is 9.67 Å². The number of fused-ring (bicyclic) bond motifs is 1. The highest BCUT2D eigenvalue weighted by molar-refractivity contribution is 5.56. The van der Waals surface area contributed by atoms with E-state index in [9.17, 15) is 0 Å². The molecule has 27 heavy (non-hydrogen) atoms. The van der Waals surface area contributed by atoms with Crippen LogP contribution in [0.4, 0.5) is 0 Å². The Morgan fingerprint density at radius 2 is 2.04 bits per heavy atom. The van der Waals surface area contributed by atoms with E-state index in [-0.39, 0.29) is 6.10 Å². The number of nitrogens with zero attached hydrogens (tertiary/aromatic N) is 5. The smallest absolute Gasteiger partial charge is 0.278 e. The molecule has 7 heteroatoms. The highest BCUT2D eigenvalue weighted by Gasteiger charge is 2.24. The van der Waals surface area contributed by atoms with E-state index in [4.69, 9.17) is 9.26 Å². The summed E-state index contributed by atoms with van der Waals surface area (Å²) in [4.78, 5) is 8.53. The molecule has 0 saturated carbocycles. The molecule has 134 valence electrons. The predicted molar refractivity (Wildman–Crippen MR) is 97.5 cm³/mol. The second kappa shape index (κ2) is 6.44. The number of ether oxygens (including phenoxy) is 1. The number of hydrogen-bond donors (Lipinski definition) is 0. The summed E-state index contributed by atoms with van der Waals surface area (Å²) in [5, 5.41) is 8.68. The molecule has 0 amide bonds. The number of benzene rings is 1. The van der Waals surface area contributed by atoms with Crippen LogP contribution in [0.25, 0.3) is 23.0 Å². The van der Waals surface area contributed by atoms with Crippen molar-refractivity contribution in [3.8, 4) is 23.0 Å². The van der Waals surface area contributed by atoms with E-state index < -0.39 is 0 Å². The van der Waals surface area contributed by atoms with Crippen LogP contribution in [-0.4, -0.2) is 24.9 Å². The Morgan fingerprint density at radius 3 is 2.85 bits per heavy atom. The lowest BCUT2D eigenvalue weighted by Gasteiger charge is -2.24. The van der Waals surface area contributed by atoms with E-state index in [1.807, 2.05) is 22.9 Å². The molecule has 0 unspecified atom stereocenters. The van der Waals surface area contributed by atoms with Gasteiger partial charge in [0.1, 0.15) is 6.10 Å². The Bertz CT molecular complexity index is 1070. The summed E-state index contributed by atoms with van der Waals surface area (Å²) < 4.78 is 13.4. The first-order valence-corrected chi connectivity index (χ1v) is 8.75. The van der Waals surface area contributed by atoms with Crippen molar-refractivity contribution in [2.45, 2.75) is 26.2 Å². The van der Waals surface area contributed by atoms with Crippen molar-refractivity contribution in [3.63, 3.8) is 0 Å². The molecular formula is C20H17N5O2. The Kier molecular flexibility index (Phi) is 3.79. The molecule has 5 rings (SSSR count). The monoisotopic (exact) mass is 359 g/mol. The molecule has 1 atom stereocenters. The van der Waals surface area contributed by atoms with Gasteiger partial charge < -0.3 is 9.26 Å². The molecule has 0 saturated heterocycles. The maximum atomic E-state index is 6.02. The molecule has 1 aliphatic rings. The van der Waals surface area contributed by atoms with Gasteiger partial charge in [0.05, 0.1) is 18.8 Å².